The second-order valence-corrected chi connectivity index (χ2v) is 8.77. The van der Waals surface area contributed by atoms with E-state index >= 15 is 0 Å². The first-order valence-electron chi connectivity index (χ1n) is 7.99. The molecule has 0 bridgehead atoms. The quantitative estimate of drug-likeness (QED) is 0.759. The van der Waals surface area contributed by atoms with Crippen molar-refractivity contribution in [1.29, 1.82) is 0 Å². The Labute approximate surface area is 145 Å². The number of hydrogen-bond acceptors (Lipinski definition) is 4. The van der Waals surface area contributed by atoms with Crippen LogP contribution in [0.4, 0.5) is 0 Å². The third-order valence-electron chi connectivity index (χ3n) is 4.40. The second-order valence-electron chi connectivity index (χ2n) is 6.21. The minimum Gasteiger partial charge on any atom is -0.341 e. The van der Waals surface area contributed by atoms with Crippen molar-refractivity contribution in [2.45, 2.75) is 24.2 Å². The van der Waals surface area contributed by atoms with Crippen molar-refractivity contribution < 1.29 is 18.0 Å². The number of hydrogen-bond donors (Lipinski definition) is 0. The standard InChI is InChI=1S/C16H19ClN2O4S/c17-24(22,23)14-6-4-13(5-7-14)16(21)19-9-1-8-18(10-11-19)15(20)12-2-3-12/h4-7,12H,1-3,8-11H2. The maximum atomic E-state index is 12.6. The van der Waals surface area contributed by atoms with E-state index in [1.807, 2.05) is 4.90 Å². The topological polar surface area (TPSA) is 74.8 Å². The average Bonchev–Trinajstić information content (AvgIpc) is 3.39. The Morgan fingerprint density at radius 3 is 2.12 bits per heavy atom. The predicted octanol–water partition coefficient (Wildman–Crippen LogP) is 1.70. The lowest BCUT2D eigenvalue weighted by molar-refractivity contribution is -0.132. The summed E-state index contributed by atoms with van der Waals surface area (Å²) in [5.41, 5.74) is 0.418. The summed E-state index contributed by atoms with van der Waals surface area (Å²) >= 11 is 0. The van der Waals surface area contributed by atoms with E-state index in [0.717, 1.165) is 19.3 Å². The molecule has 0 N–H and O–H groups in total. The Balaban J connectivity index is 1.65. The van der Waals surface area contributed by atoms with Gasteiger partial charge in [-0.2, -0.15) is 0 Å². The molecule has 0 atom stereocenters. The number of carbonyl (C=O) groups excluding carboxylic acids is 2. The summed E-state index contributed by atoms with van der Waals surface area (Å²) in [6.45, 7) is 2.31. The van der Waals surface area contributed by atoms with Gasteiger partial charge in [0.05, 0.1) is 4.90 Å². The van der Waals surface area contributed by atoms with Crippen molar-refractivity contribution in [2.24, 2.45) is 5.92 Å². The number of amides is 2. The van der Waals surface area contributed by atoms with Gasteiger partial charge < -0.3 is 9.80 Å². The van der Waals surface area contributed by atoms with Crippen LogP contribution in [0.1, 0.15) is 29.6 Å². The van der Waals surface area contributed by atoms with Gasteiger partial charge in [0, 0.05) is 48.3 Å². The first-order chi connectivity index (χ1) is 11.4. The Morgan fingerprint density at radius 1 is 0.958 bits per heavy atom. The minimum absolute atomic E-state index is 0.0298. The summed E-state index contributed by atoms with van der Waals surface area (Å²) in [5.74, 6) is 0.243. The monoisotopic (exact) mass is 370 g/mol. The van der Waals surface area contributed by atoms with Gasteiger partial charge in [0.25, 0.3) is 15.0 Å². The van der Waals surface area contributed by atoms with E-state index in [1.54, 1.807) is 4.90 Å². The first kappa shape index (κ1) is 17.2. The van der Waals surface area contributed by atoms with Gasteiger partial charge in [0.2, 0.25) is 5.91 Å². The van der Waals surface area contributed by atoms with Crippen LogP contribution in [0.25, 0.3) is 0 Å². The molecule has 2 aliphatic rings. The van der Waals surface area contributed by atoms with Crippen molar-refractivity contribution in [1.82, 2.24) is 9.80 Å². The van der Waals surface area contributed by atoms with E-state index in [4.69, 9.17) is 10.7 Å². The van der Waals surface area contributed by atoms with E-state index in [9.17, 15) is 18.0 Å². The Morgan fingerprint density at radius 2 is 1.54 bits per heavy atom. The molecule has 1 heterocycles. The maximum absolute atomic E-state index is 12.6. The van der Waals surface area contributed by atoms with Crippen LogP contribution in [0, 0.1) is 5.92 Å². The van der Waals surface area contributed by atoms with E-state index < -0.39 is 9.05 Å². The Bertz CT molecular complexity index is 744. The van der Waals surface area contributed by atoms with Crippen LogP contribution in [-0.4, -0.2) is 56.2 Å². The zero-order valence-corrected chi connectivity index (χ0v) is 14.7. The van der Waals surface area contributed by atoms with Gasteiger partial charge in [-0.25, -0.2) is 8.42 Å². The van der Waals surface area contributed by atoms with Crippen molar-refractivity contribution in [2.75, 3.05) is 26.2 Å². The Kier molecular flexibility index (Phi) is 4.83. The molecule has 1 aliphatic carbocycles. The lowest BCUT2D eigenvalue weighted by Crippen LogP contribution is -2.37. The fraction of sp³-hybridized carbons (Fsp3) is 0.500. The fourth-order valence-corrected chi connectivity index (χ4v) is 3.64. The molecule has 1 saturated heterocycles. The largest absolute Gasteiger partial charge is 0.341 e. The zero-order valence-electron chi connectivity index (χ0n) is 13.2. The molecular formula is C16H19ClN2O4S. The number of carbonyl (C=O) groups is 2. The van der Waals surface area contributed by atoms with Crippen LogP contribution >= 0.6 is 10.7 Å². The van der Waals surface area contributed by atoms with Gasteiger partial charge in [-0.05, 0) is 43.5 Å². The third kappa shape index (κ3) is 3.89. The van der Waals surface area contributed by atoms with E-state index in [2.05, 4.69) is 0 Å². The molecule has 0 spiro atoms. The smallest absolute Gasteiger partial charge is 0.261 e. The molecular weight excluding hydrogens is 352 g/mol. The molecule has 1 aromatic rings. The summed E-state index contributed by atoms with van der Waals surface area (Å²) in [4.78, 5) is 28.3. The highest BCUT2D eigenvalue weighted by Crippen LogP contribution is 2.31. The molecule has 0 radical (unpaired) electrons. The molecule has 1 saturated carbocycles. The molecule has 2 amide bonds. The lowest BCUT2D eigenvalue weighted by atomic mass is 10.2. The van der Waals surface area contributed by atoms with Crippen molar-refractivity contribution in [3.8, 4) is 0 Å². The zero-order chi connectivity index (χ0) is 17.3. The van der Waals surface area contributed by atoms with Crippen LogP contribution in [0.5, 0.6) is 0 Å². The van der Waals surface area contributed by atoms with Crippen LogP contribution in [0.15, 0.2) is 29.2 Å². The highest BCUT2D eigenvalue weighted by Gasteiger charge is 2.34. The molecule has 8 heteroatoms. The van der Waals surface area contributed by atoms with Gasteiger partial charge >= 0.3 is 0 Å². The number of benzene rings is 1. The number of rotatable bonds is 3. The summed E-state index contributed by atoms with van der Waals surface area (Å²) in [5, 5.41) is 0. The highest BCUT2D eigenvalue weighted by atomic mass is 35.7. The minimum atomic E-state index is -3.79. The molecule has 24 heavy (non-hydrogen) atoms. The van der Waals surface area contributed by atoms with Gasteiger partial charge in [0.1, 0.15) is 0 Å². The van der Waals surface area contributed by atoms with Crippen LogP contribution in [0.2, 0.25) is 0 Å². The summed E-state index contributed by atoms with van der Waals surface area (Å²) in [6, 6.07) is 5.60. The molecule has 1 aromatic carbocycles. The molecule has 3 rings (SSSR count). The molecule has 6 nitrogen and oxygen atoms in total. The van der Waals surface area contributed by atoms with Crippen LogP contribution in [0.3, 0.4) is 0 Å². The normalized spacial score (nSPS) is 19.0. The summed E-state index contributed by atoms with van der Waals surface area (Å²) in [6.07, 6.45) is 2.71. The molecule has 0 aromatic heterocycles. The number of halogens is 1. The fourth-order valence-electron chi connectivity index (χ4n) is 2.87. The first-order valence-corrected chi connectivity index (χ1v) is 10.3. The van der Waals surface area contributed by atoms with E-state index in [-0.39, 0.29) is 22.6 Å². The van der Waals surface area contributed by atoms with Gasteiger partial charge in [0.15, 0.2) is 0 Å². The van der Waals surface area contributed by atoms with Gasteiger partial charge in [-0.15, -0.1) is 0 Å². The van der Waals surface area contributed by atoms with Gasteiger partial charge in [-0.3, -0.25) is 9.59 Å². The van der Waals surface area contributed by atoms with Crippen LogP contribution in [-0.2, 0) is 13.8 Å². The molecule has 1 aliphatic heterocycles. The molecule has 130 valence electrons. The molecule has 0 unspecified atom stereocenters. The van der Waals surface area contributed by atoms with Crippen molar-refractivity contribution >= 4 is 31.5 Å². The number of nitrogens with zero attached hydrogens (tertiary/aromatic N) is 2. The predicted molar refractivity (Wildman–Crippen MR) is 89.3 cm³/mol. The summed E-state index contributed by atoms with van der Waals surface area (Å²) in [7, 11) is 1.48. The highest BCUT2D eigenvalue weighted by molar-refractivity contribution is 8.13. The van der Waals surface area contributed by atoms with Crippen LogP contribution < -0.4 is 0 Å². The maximum Gasteiger partial charge on any atom is 0.261 e. The van der Waals surface area contributed by atoms with Gasteiger partial charge in [-0.1, -0.05) is 0 Å². The average molecular weight is 371 g/mol. The van der Waals surface area contributed by atoms with Crippen molar-refractivity contribution in [3.05, 3.63) is 29.8 Å². The summed E-state index contributed by atoms with van der Waals surface area (Å²) < 4.78 is 22.5. The van der Waals surface area contributed by atoms with E-state index in [1.165, 1.54) is 24.3 Å². The Hall–Kier alpha value is -1.60. The molecule has 2 fully saturated rings. The second kappa shape index (κ2) is 6.72. The van der Waals surface area contributed by atoms with E-state index in [0.29, 0.717) is 31.7 Å². The van der Waals surface area contributed by atoms with Crippen molar-refractivity contribution in [3.63, 3.8) is 0 Å². The SMILES string of the molecule is O=C(c1ccc(S(=O)(=O)Cl)cc1)N1CCCN(C(=O)C2CC2)CC1. The third-order valence-corrected chi connectivity index (χ3v) is 5.77. The lowest BCUT2D eigenvalue weighted by Gasteiger charge is -2.22.